The minimum atomic E-state index is -0.0785. The van der Waals surface area contributed by atoms with E-state index in [0.717, 1.165) is 38.2 Å². The summed E-state index contributed by atoms with van der Waals surface area (Å²) in [5.41, 5.74) is 1.89. The van der Waals surface area contributed by atoms with E-state index in [1.165, 1.54) is 5.56 Å². The van der Waals surface area contributed by atoms with Gasteiger partial charge in [-0.1, -0.05) is 48.5 Å². The third-order valence-corrected chi connectivity index (χ3v) is 5.14. The third-order valence-electron chi connectivity index (χ3n) is 5.14. The van der Waals surface area contributed by atoms with Gasteiger partial charge in [-0.2, -0.15) is 0 Å². The van der Waals surface area contributed by atoms with Crippen LogP contribution in [-0.2, 0) is 6.54 Å². The van der Waals surface area contributed by atoms with Crippen LogP contribution in [0.15, 0.2) is 79.0 Å². The summed E-state index contributed by atoms with van der Waals surface area (Å²) in [5, 5.41) is 3.14. The van der Waals surface area contributed by atoms with E-state index >= 15 is 0 Å². The van der Waals surface area contributed by atoms with Gasteiger partial charge in [0.25, 0.3) is 5.91 Å². The number of para-hydroxylation sites is 1. The fraction of sp³-hybridized carbons (Fsp3) is 0.250. The van der Waals surface area contributed by atoms with Gasteiger partial charge in [0.1, 0.15) is 5.75 Å². The minimum absolute atomic E-state index is 0.0785. The summed E-state index contributed by atoms with van der Waals surface area (Å²) in [4.78, 5) is 19.2. The largest absolute Gasteiger partial charge is 0.439 e. The molecule has 148 valence electrons. The van der Waals surface area contributed by atoms with Gasteiger partial charge in [0, 0.05) is 37.9 Å². The van der Waals surface area contributed by atoms with Crippen LogP contribution in [0, 0.1) is 0 Å². The summed E-state index contributed by atoms with van der Waals surface area (Å²) in [6.07, 6.45) is 3.49. The average Bonchev–Trinajstić information content (AvgIpc) is 2.77. The van der Waals surface area contributed by atoms with E-state index in [0.29, 0.717) is 11.4 Å². The molecule has 4 rings (SSSR count). The Morgan fingerprint density at radius 2 is 1.66 bits per heavy atom. The first-order valence-corrected chi connectivity index (χ1v) is 10.0. The molecule has 2 aromatic carbocycles. The van der Waals surface area contributed by atoms with Gasteiger partial charge in [0.15, 0.2) is 0 Å². The number of hydrogen-bond donors (Lipinski definition) is 1. The Labute approximate surface area is 171 Å². The highest BCUT2D eigenvalue weighted by Crippen LogP contribution is 2.19. The second-order valence-corrected chi connectivity index (χ2v) is 7.31. The van der Waals surface area contributed by atoms with Crippen LogP contribution < -0.4 is 10.1 Å². The Balaban J connectivity index is 1.25. The van der Waals surface area contributed by atoms with Crippen molar-refractivity contribution in [2.75, 3.05) is 13.1 Å². The van der Waals surface area contributed by atoms with Crippen LogP contribution >= 0.6 is 0 Å². The number of ether oxygens (including phenoxy) is 1. The molecular weight excluding hydrogens is 362 g/mol. The van der Waals surface area contributed by atoms with Crippen molar-refractivity contribution in [3.63, 3.8) is 0 Å². The predicted molar refractivity (Wildman–Crippen MR) is 113 cm³/mol. The zero-order valence-electron chi connectivity index (χ0n) is 16.3. The zero-order chi connectivity index (χ0) is 19.9. The monoisotopic (exact) mass is 387 g/mol. The molecule has 0 bridgehead atoms. The van der Waals surface area contributed by atoms with Crippen molar-refractivity contribution in [2.24, 2.45) is 0 Å². The molecule has 1 N–H and O–H groups in total. The molecule has 5 heteroatoms. The molecule has 5 nitrogen and oxygen atoms in total. The number of nitrogens with one attached hydrogen (secondary N) is 1. The average molecular weight is 387 g/mol. The second-order valence-electron chi connectivity index (χ2n) is 7.31. The van der Waals surface area contributed by atoms with Gasteiger partial charge in [-0.15, -0.1) is 0 Å². The van der Waals surface area contributed by atoms with Gasteiger partial charge in [0.05, 0.1) is 5.56 Å². The van der Waals surface area contributed by atoms with E-state index in [-0.39, 0.29) is 11.9 Å². The number of rotatable bonds is 6. The Kier molecular flexibility index (Phi) is 6.17. The van der Waals surface area contributed by atoms with Crippen LogP contribution in [0.5, 0.6) is 11.6 Å². The molecule has 0 spiro atoms. The van der Waals surface area contributed by atoms with Gasteiger partial charge < -0.3 is 10.1 Å². The summed E-state index contributed by atoms with van der Waals surface area (Å²) in [7, 11) is 0. The van der Waals surface area contributed by atoms with Crippen molar-refractivity contribution in [3.8, 4) is 11.6 Å². The molecular formula is C24H25N3O2. The summed E-state index contributed by atoms with van der Waals surface area (Å²) in [6, 6.07) is 23.7. The minimum Gasteiger partial charge on any atom is -0.439 e. The van der Waals surface area contributed by atoms with Gasteiger partial charge in [-0.05, 0) is 36.6 Å². The van der Waals surface area contributed by atoms with E-state index in [2.05, 4.69) is 39.5 Å². The fourth-order valence-corrected chi connectivity index (χ4v) is 3.53. The molecule has 1 fully saturated rings. The van der Waals surface area contributed by atoms with Crippen LogP contribution in [0.1, 0.15) is 28.8 Å². The summed E-state index contributed by atoms with van der Waals surface area (Å²) in [5.74, 6) is 1.12. The van der Waals surface area contributed by atoms with Crippen molar-refractivity contribution in [1.29, 1.82) is 0 Å². The summed E-state index contributed by atoms with van der Waals surface area (Å²) >= 11 is 0. The maximum absolute atomic E-state index is 12.5. The molecule has 0 saturated carbocycles. The molecule has 1 aliphatic rings. The lowest BCUT2D eigenvalue weighted by atomic mass is 10.0. The number of carbonyl (C=O) groups is 1. The zero-order valence-corrected chi connectivity index (χ0v) is 16.3. The van der Waals surface area contributed by atoms with Crippen molar-refractivity contribution >= 4 is 5.91 Å². The molecule has 1 aliphatic heterocycles. The number of aromatic nitrogens is 1. The first kappa shape index (κ1) is 19.2. The van der Waals surface area contributed by atoms with Gasteiger partial charge >= 0.3 is 0 Å². The lowest BCUT2D eigenvalue weighted by Crippen LogP contribution is -2.44. The molecule has 0 radical (unpaired) electrons. The van der Waals surface area contributed by atoms with Crippen molar-refractivity contribution in [3.05, 3.63) is 90.1 Å². The van der Waals surface area contributed by atoms with Crippen molar-refractivity contribution < 1.29 is 9.53 Å². The Bertz CT molecular complexity index is 906. The summed E-state index contributed by atoms with van der Waals surface area (Å²) < 4.78 is 5.68. The maximum Gasteiger partial charge on any atom is 0.253 e. The molecule has 1 amide bonds. The highest BCUT2D eigenvalue weighted by molar-refractivity contribution is 5.94. The van der Waals surface area contributed by atoms with Gasteiger partial charge in [-0.3, -0.25) is 9.69 Å². The number of nitrogens with zero attached hydrogens (tertiary/aromatic N) is 2. The Morgan fingerprint density at radius 1 is 0.966 bits per heavy atom. The van der Waals surface area contributed by atoms with Crippen molar-refractivity contribution in [1.82, 2.24) is 15.2 Å². The fourth-order valence-electron chi connectivity index (χ4n) is 3.53. The maximum atomic E-state index is 12.5. The van der Waals surface area contributed by atoms with E-state index in [1.807, 2.05) is 36.4 Å². The van der Waals surface area contributed by atoms with Crippen LogP contribution in [0.3, 0.4) is 0 Å². The SMILES string of the molecule is O=C(NC1CCN(Cc2ccccc2)CC1)c1ccc(Oc2ccccc2)nc1. The number of benzene rings is 2. The molecule has 0 unspecified atom stereocenters. The first-order valence-electron chi connectivity index (χ1n) is 10.0. The number of amides is 1. The lowest BCUT2D eigenvalue weighted by molar-refractivity contribution is 0.0908. The van der Waals surface area contributed by atoms with Crippen LogP contribution in [0.2, 0.25) is 0 Å². The number of carbonyl (C=O) groups excluding carboxylic acids is 1. The molecule has 1 saturated heterocycles. The predicted octanol–water partition coefficient (Wildman–Crippen LogP) is 4.27. The molecule has 0 atom stereocenters. The molecule has 1 aromatic heterocycles. The first-order chi connectivity index (χ1) is 14.3. The number of hydrogen-bond acceptors (Lipinski definition) is 4. The Morgan fingerprint density at radius 3 is 2.31 bits per heavy atom. The van der Waals surface area contributed by atoms with Crippen molar-refractivity contribution in [2.45, 2.75) is 25.4 Å². The van der Waals surface area contributed by atoms with Crippen LogP contribution in [0.25, 0.3) is 0 Å². The standard InChI is InChI=1S/C24H25N3O2/c28-24(20-11-12-23(25-17-20)29-22-9-5-2-6-10-22)26-21-13-15-27(16-14-21)18-19-7-3-1-4-8-19/h1-12,17,21H,13-16,18H2,(H,26,28). The highest BCUT2D eigenvalue weighted by Gasteiger charge is 2.21. The third kappa shape index (κ3) is 5.42. The summed E-state index contributed by atoms with van der Waals surface area (Å²) in [6.45, 7) is 2.94. The second kappa shape index (κ2) is 9.34. The lowest BCUT2D eigenvalue weighted by Gasteiger charge is -2.32. The molecule has 3 aromatic rings. The Hall–Kier alpha value is -3.18. The van der Waals surface area contributed by atoms with E-state index in [4.69, 9.17) is 4.74 Å². The smallest absolute Gasteiger partial charge is 0.253 e. The number of pyridine rings is 1. The van der Waals surface area contributed by atoms with Gasteiger partial charge in [-0.25, -0.2) is 4.98 Å². The number of piperidine rings is 1. The van der Waals surface area contributed by atoms with E-state index < -0.39 is 0 Å². The quantitative estimate of drug-likeness (QED) is 0.686. The van der Waals surface area contributed by atoms with E-state index in [1.54, 1.807) is 18.3 Å². The van der Waals surface area contributed by atoms with E-state index in [9.17, 15) is 4.79 Å². The van der Waals surface area contributed by atoms with Crippen LogP contribution in [-0.4, -0.2) is 34.9 Å². The van der Waals surface area contributed by atoms with Crippen LogP contribution in [0.4, 0.5) is 0 Å². The molecule has 2 heterocycles. The topological polar surface area (TPSA) is 54.5 Å². The highest BCUT2D eigenvalue weighted by atomic mass is 16.5. The number of likely N-dealkylation sites (tertiary alicyclic amines) is 1. The molecule has 29 heavy (non-hydrogen) atoms. The van der Waals surface area contributed by atoms with Gasteiger partial charge in [0.2, 0.25) is 5.88 Å². The molecule has 0 aliphatic carbocycles. The normalized spacial score (nSPS) is 15.0.